The van der Waals surface area contributed by atoms with Gasteiger partial charge in [0.05, 0.1) is 0 Å². The van der Waals surface area contributed by atoms with Crippen molar-refractivity contribution in [1.29, 1.82) is 0 Å². The molecule has 0 rings (SSSR count). The number of rotatable bonds is 46. The van der Waals surface area contributed by atoms with E-state index in [1.165, 1.54) is 116 Å². The molecule has 0 unspecified atom stereocenters. The molecule has 2 amide bonds. The molecule has 0 bridgehead atoms. The van der Waals surface area contributed by atoms with E-state index in [-0.39, 0.29) is 77.0 Å². The van der Waals surface area contributed by atoms with E-state index in [2.05, 4.69) is 31.9 Å². The molecule has 12 nitrogen and oxygen atoms in total. The summed E-state index contributed by atoms with van der Waals surface area (Å²) in [5.41, 5.74) is 0. The Morgan fingerprint density at radius 3 is 0.581 bits per heavy atom. The van der Waals surface area contributed by atoms with Gasteiger partial charge in [-0.3, -0.25) is 9.59 Å². The van der Waals surface area contributed by atoms with Crippen LogP contribution in [0.3, 0.4) is 0 Å². The van der Waals surface area contributed by atoms with Gasteiger partial charge < -0.3 is 51.1 Å². The predicted octanol–water partition coefficient (Wildman–Crippen LogP) is 15.8. The molecule has 0 heterocycles. The number of unbranched alkanes of at least 4 members (excludes halogenated alkanes) is 22. The summed E-state index contributed by atoms with van der Waals surface area (Å²) < 4.78 is 0. The first-order valence-electron chi connectivity index (χ1n) is 27.0. The maximum atomic E-state index is 11.6. The number of nitrogens with one attached hydrogen (secondary N) is 6. The Morgan fingerprint density at radius 2 is 0.365 bits per heavy atom. The van der Waals surface area contributed by atoms with Gasteiger partial charge in [0.1, 0.15) is 23.1 Å². The molecular weight excluding hydrogens is 925 g/mol. The molecule has 0 aliphatic carbocycles. The van der Waals surface area contributed by atoms with Crippen molar-refractivity contribution in [2.24, 2.45) is 0 Å². The minimum atomic E-state index is 0. The number of amides is 2. The zero-order chi connectivity index (χ0) is 50.0. The van der Waals surface area contributed by atoms with E-state index in [1.54, 1.807) is 27.7 Å². The highest BCUT2D eigenvalue weighted by Crippen LogP contribution is 2.11. The molecule has 0 aromatic rings. The van der Waals surface area contributed by atoms with E-state index in [0.29, 0.717) is 36.6 Å². The molecule has 0 saturated heterocycles. The molecule has 74 heavy (non-hydrogen) atoms. The van der Waals surface area contributed by atoms with Crippen LogP contribution in [0.5, 0.6) is 0 Å². The second-order valence-corrected chi connectivity index (χ2v) is 18.3. The van der Waals surface area contributed by atoms with Gasteiger partial charge in [0.15, 0.2) is 0 Å². The Hall–Kier alpha value is -2.54. The zero-order valence-electron chi connectivity index (χ0n) is 44.7. The van der Waals surface area contributed by atoms with Crippen molar-refractivity contribution in [2.75, 3.05) is 67.5 Å². The summed E-state index contributed by atoms with van der Waals surface area (Å²) in [6, 6.07) is 0. The van der Waals surface area contributed by atoms with Gasteiger partial charge in [-0.1, -0.05) is 162 Å². The highest BCUT2D eigenvalue weighted by Gasteiger charge is 2.03. The number of hydrogen-bond donors (Lipinski definition) is 6. The van der Waals surface area contributed by atoms with Crippen molar-refractivity contribution in [3.8, 4) is 0 Å². The van der Waals surface area contributed by atoms with Crippen LogP contribution in [0.4, 0.5) is 0 Å². The molecular formula is C62H142N6O6. The van der Waals surface area contributed by atoms with Crippen LogP contribution in [0.25, 0.3) is 0 Å². The minimum absolute atomic E-state index is 0. The third kappa shape index (κ3) is 114. The Bertz CT molecular complexity index is 1080. The number of ketones is 4. The topological polar surface area (TPSA) is 175 Å². The second kappa shape index (κ2) is 90.0. The van der Waals surface area contributed by atoms with Crippen LogP contribution in [0, 0.1) is 0 Å². The Balaban J connectivity index is -0.0000000686. The minimum Gasteiger partial charge on any atom is -0.356 e. The van der Waals surface area contributed by atoms with Gasteiger partial charge in [0.25, 0.3) is 0 Å². The predicted molar refractivity (Wildman–Crippen MR) is 335 cm³/mol. The van der Waals surface area contributed by atoms with E-state index >= 15 is 0 Å². The quantitative estimate of drug-likeness (QED) is 0.0322. The summed E-state index contributed by atoms with van der Waals surface area (Å²) >= 11 is 0. The van der Waals surface area contributed by atoms with E-state index in [1.807, 2.05) is 28.2 Å². The maximum absolute atomic E-state index is 11.6. The Labute approximate surface area is 466 Å². The number of Topliss-reactive ketones (excluding diaryl/α,β-unsaturated/α-hetero) is 4. The third-order valence-electron chi connectivity index (χ3n) is 11.1. The highest BCUT2D eigenvalue weighted by molar-refractivity contribution is 5.77. The van der Waals surface area contributed by atoms with Crippen LogP contribution in [-0.4, -0.2) is 102 Å². The number of carbonyl (C=O) groups excluding carboxylic acids is 6. The van der Waals surface area contributed by atoms with Gasteiger partial charge in [-0.15, -0.1) is 0 Å². The largest absolute Gasteiger partial charge is 0.356 e. The molecule has 6 N–H and O–H groups in total. The Morgan fingerprint density at radius 1 is 0.216 bits per heavy atom. The summed E-state index contributed by atoms with van der Waals surface area (Å²) in [5, 5.41) is 18.4. The molecule has 0 fully saturated rings. The van der Waals surface area contributed by atoms with Gasteiger partial charge in [-0.25, -0.2) is 0 Å². The van der Waals surface area contributed by atoms with Crippen molar-refractivity contribution in [2.45, 2.75) is 305 Å². The van der Waals surface area contributed by atoms with Gasteiger partial charge in [0, 0.05) is 51.6 Å². The maximum Gasteiger partial charge on any atom is 0.219 e. The smallest absolute Gasteiger partial charge is 0.219 e. The standard InChI is InChI=1S/C18H36N2O2.C14H28N2O2.C14H29NO.C8H17NO.8CH4/c1-17(21)13-9-5-3-4-6-10-14-18(22)20-16-12-8-7-11-15-19-2;1-13(17)9-5-6-10-14(18)16-12-8-4-3-7-11-15-2;1-14(16)12-10-8-6-4-3-5-7-9-11-13-15-2;1-8(10)6-4-3-5-7-9-2;;;;;;;;/h19H,3-16H2,1-2H3,(H,20,22);15H,3-12H2,1-2H3,(H,16,18);15H,3-13H2,1-2H3;9H,3-7H2,1-2H3;8*1H4. The number of hydrogen-bond acceptors (Lipinski definition) is 10. The summed E-state index contributed by atoms with van der Waals surface area (Å²) in [4.78, 5) is 65.7. The lowest BCUT2D eigenvalue weighted by molar-refractivity contribution is -0.122. The highest BCUT2D eigenvalue weighted by atomic mass is 16.2. The van der Waals surface area contributed by atoms with Crippen molar-refractivity contribution in [3.63, 3.8) is 0 Å². The zero-order valence-corrected chi connectivity index (χ0v) is 44.7. The molecule has 12 heteroatoms. The van der Waals surface area contributed by atoms with Crippen LogP contribution in [0.1, 0.15) is 305 Å². The van der Waals surface area contributed by atoms with Crippen LogP contribution >= 0.6 is 0 Å². The molecule has 0 aromatic heterocycles. The second-order valence-electron chi connectivity index (χ2n) is 18.3. The van der Waals surface area contributed by atoms with Crippen LogP contribution in [-0.2, 0) is 28.8 Å². The normalized spacial score (nSPS) is 9.30. The van der Waals surface area contributed by atoms with E-state index in [0.717, 1.165) is 123 Å². The summed E-state index contributed by atoms with van der Waals surface area (Å²) in [6.07, 6.45) is 36.9. The van der Waals surface area contributed by atoms with Crippen LogP contribution in [0.15, 0.2) is 0 Å². The molecule has 0 aromatic carbocycles. The average molecular weight is 1070 g/mol. The SMILES string of the molecule is C.C.C.C.C.C.C.C.CNCCCCCC(C)=O.CNCCCCCCCCCCCC(C)=O.CNCCCCCCNC(=O)CCCCC(C)=O.CNCCCCCCNC(=O)CCCCCCCCC(C)=O. The average Bonchev–Trinajstić information content (AvgIpc) is 3.27. The third-order valence-corrected chi connectivity index (χ3v) is 11.1. The summed E-state index contributed by atoms with van der Waals surface area (Å²) in [5.74, 6) is 1.46. The number of carbonyl (C=O) groups is 6. The molecule has 0 aliphatic heterocycles. The first-order chi connectivity index (χ1) is 31.9. The fourth-order valence-corrected chi connectivity index (χ4v) is 6.98. The van der Waals surface area contributed by atoms with Gasteiger partial charge in [0.2, 0.25) is 11.8 Å². The van der Waals surface area contributed by atoms with Gasteiger partial charge in [-0.05, 0) is 159 Å². The molecule has 456 valence electrons. The molecule has 0 atom stereocenters. The van der Waals surface area contributed by atoms with Crippen molar-refractivity contribution >= 4 is 34.9 Å². The van der Waals surface area contributed by atoms with Crippen LogP contribution < -0.4 is 31.9 Å². The molecule has 0 aliphatic rings. The first-order valence-corrected chi connectivity index (χ1v) is 27.0. The lowest BCUT2D eigenvalue weighted by Gasteiger charge is -2.05. The lowest BCUT2D eigenvalue weighted by atomic mass is 10.1. The fraction of sp³-hybridized carbons (Fsp3) is 0.903. The molecule has 0 saturated carbocycles. The van der Waals surface area contributed by atoms with Crippen molar-refractivity contribution < 1.29 is 28.8 Å². The van der Waals surface area contributed by atoms with Gasteiger partial charge in [-0.2, -0.15) is 0 Å². The van der Waals surface area contributed by atoms with E-state index in [9.17, 15) is 28.8 Å². The summed E-state index contributed by atoms with van der Waals surface area (Å²) in [7, 11) is 7.91. The van der Waals surface area contributed by atoms with Gasteiger partial charge >= 0.3 is 0 Å². The fourth-order valence-electron chi connectivity index (χ4n) is 6.98. The van der Waals surface area contributed by atoms with Crippen LogP contribution in [0.2, 0.25) is 0 Å². The van der Waals surface area contributed by atoms with Crippen molar-refractivity contribution in [3.05, 3.63) is 0 Å². The molecule has 0 radical (unpaired) electrons. The Kier molecular flexibility index (Phi) is 122. The van der Waals surface area contributed by atoms with Crippen molar-refractivity contribution in [1.82, 2.24) is 31.9 Å². The van der Waals surface area contributed by atoms with E-state index < -0.39 is 0 Å². The monoisotopic (exact) mass is 1070 g/mol. The van der Waals surface area contributed by atoms with E-state index in [4.69, 9.17) is 0 Å². The first kappa shape index (κ1) is 100. The lowest BCUT2D eigenvalue weighted by Crippen LogP contribution is -2.24. The summed E-state index contributed by atoms with van der Waals surface area (Å²) in [6.45, 7) is 12.6. The molecule has 0 spiro atoms.